The molecule has 0 unspecified atom stereocenters. The van der Waals surface area contributed by atoms with Gasteiger partial charge in [0, 0.05) is 18.9 Å². The third kappa shape index (κ3) is 2.42. The summed E-state index contributed by atoms with van der Waals surface area (Å²) in [6, 6.07) is 0. The van der Waals surface area contributed by atoms with E-state index in [1.807, 2.05) is 12.4 Å². The molecule has 0 amide bonds. The third-order valence-corrected chi connectivity index (χ3v) is 2.38. The molecular weight excluding hydrogens is 176 g/mol. The molecule has 1 saturated carbocycles. The Balaban J connectivity index is 1.86. The van der Waals surface area contributed by atoms with E-state index >= 15 is 0 Å². The molecule has 1 aromatic heterocycles. The molecule has 4 heteroatoms. The minimum Gasteiger partial charge on any atom is -0.354 e. The van der Waals surface area contributed by atoms with Gasteiger partial charge in [-0.05, 0) is 37.3 Å². The van der Waals surface area contributed by atoms with Gasteiger partial charge in [0.2, 0.25) is 5.95 Å². The van der Waals surface area contributed by atoms with Crippen LogP contribution < -0.4 is 11.1 Å². The number of aromatic nitrogens is 2. The average Bonchev–Trinajstić information content (AvgIpc) is 3.03. The van der Waals surface area contributed by atoms with Gasteiger partial charge < -0.3 is 11.1 Å². The molecule has 1 fully saturated rings. The summed E-state index contributed by atoms with van der Waals surface area (Å²) in [6.45, 7) is 1.55. The van der Waals surface area contributed by atoms with Crippen molar-refractivity contribution < 1.29 is 0 Å². The van der Waals surface area contributed by atoms with Gasteiger partial charge in [-0.3, -0.25) is 0 Å². The zero-order chi connectivity index (χ0) is 9.80. The van der Waals surface area contributed by atoms with E-state index in [9.17, 15) is 0 Å². The predicted octanol–water partition coefficient (Wildman–Crippen LogP) is 1.11. The van der Waals surface area contributed by atoms with Crippen LogP contribution in [0.25, 0.3) is 0 Å². The Morgan fingerprint density at radius 2 is 2.07 bits per heavy atom. The van der Waals surface area contributed by atoms with Crippen LogP contribution in [0.1, 0.15) is 30.7 Å². The van der Waals surface area contributed by atoms with Gasteiger partial charge in [0.1, 0.15) is 0 Å². The molecule has 0 saturated heterocycles. The zero-order valence-corrected chi connectivity index (χ0v) is 8.24. The van der Waals surface area contributed by atoms with Gasteiger partial charge >= 0.3 is 0 Å². The molecule has 3 N–H and O–H groups in total. The summed E-state index contributed by atoms with van der Waals surface area (Å²) in [5, 5.41) is 3.13. The van der Waals surface area contributed by atoms with Crippen LogP contribution in [0, 0.1) is 0 Å². The Morgan fingerprint density at radius 1 is 1.36 bits per heavy atom. The van der Waals surface area contributed by atoms with E-state index in [0.717, 1.165) is 18.9 Å². The fourth-order valence-electron chi connectivity index (χ4n) is 1.36. The van der Waals surface area contributed by atoms with Gasteiger partial charge in [-0.25, -0.2) is 9.97 Å². The minimum atomic E-state index is 0.702. The van der Waals surface area contributed by atoms with Gasteiger partial charge in [-0.1, -0.05) is 0 Å². The highest BCUT2D eigenvalue weighted by atomic mass is 15.1. The van der Waals surface area contributed by atoms with Gasteiger partial charge in [0.05, 0.1) is 0 Å². The molecule has 1 aliphatic rings. The lowest BCUT2D eigenvalue weighted by Crippen LogP contribution is -2.10. The Morgan fingerprint density at radius 3 is 2.64 bits per heavy atom. The number of nitrogens with zero attached hydrogens (tertiary/aromatic N) is 2. The van der Waals surface area contributed by atoms with Crippen molar-refractivity contribution in [2.75, 3.05) is 18.4 Å². The molecule has 1 aromatic rings. The lowest BCUT2D eigenvalue weighted by Gasteiger charge is -2.03. The van der Waals surface area contributed by atoms with E-state index in [-0.39, 0.29) is 0 Å². The van der Waals surface area contributed by atoms with E-state index in [4.69, 9.17) is 5.73 Å². The number of hydrogen-bond donors (Lipinski definition) is 2. The smallest absolute Gasteiger partial charge is 0.222 e. The van der Waals surface area contributed by atoms with Crippen molar-refractivity contribution in [3.05, 3.63) is 18.0 Å². The summed E-state index contributed by atoms with van der Waals surface area (Å²) in [5.74, 6) is 1.44. The molecule has 1 heterocycles. The Hall–Kier alpha value is -1.16. The van der Waals surface area contributed by atoms with Crippen LogP contribution in [0.15, 0.2) is 12.4 Å². The summed E-state index contributed by atoms with van der Waals surface area (Å²) in [7, 11) is 0. The first-order chi connectivity index (χ1) is 6.90. The highest BCUT2D eigenvalue weighted by Gasteiger charge is 2.23. The van der Waals surface area contributed by atoms with Crippen molar-refractivity contribution in [3.63, 3.8) is 0 Å². The molecule has 0 radical (unpaired) electrons. The number of nitrogens with two attached hydrogens (primary N) is 1. The summed E-state index contributed by atoms with van der Waals surface area (Å²) in [6.07, 6.45) is 7.39. The van der Waals surface area contributed by atoms with E-state index in [1.54, 1.807) is 0 Å². The van der Waals surface area contributed by atoms with Crippen LogP contribution >= 0.6 is 0 Å². The third-order valence-electron chi connectivity index (χ3n) is 2.38. The second-order valence-electron chi connectivity index (χ2n) is 3.68. The lowest BCUT2D eigenvalue weighted by atomic mass is 10.2. The molecule has 0 bridgehead atoms. The molecule has 14 heavy (non-hydrogen) atoms. The number of hydrogen-bond acceptors (Lipinski definition) is 4. The molecule has 0 aromatic carbocycles. The first kappa shape index (κ1) is 9.40. The van der Waals surface area contributed by atoms with Crippen molar-refractivity contribution >= 4 is 5.95 Å². The van der Waals surface area contributed by atoms with Crippen molar-refractivity contribution in [2.45, 2.75) is 25.2 Å². The lowest BCUT2D eigenvalue weighted by molar-refractivity contribution is 0.862. The maximum absolute atomic E-state index is 5.38. The average molecular weight is 192 g/mol. The van der Waals surface area contributed by atoms with Crippen LogP contribution in [0.3, 0.4) is 0 Å². The van der Waals surface area contributed by atoms with E-state index in [2.05, 4.69) is 15.3 Å². The van der Waals surface area contributed by atoms with Crippen LogP contribution in [0.5, 0.6) is 0 Å². The monoisotopic (exact) mass is 192 g/mol. The first-order valence-corrected chi connectivity index (χ1v) is 5.16. The SMILES string of the molecule is NCCCNc1ncc(C2CC2)cn1. The molecule has 0 aliphatic heterocycles. The normalized spacial score (nSPS) is 15.5. The molecule has 2 rings (SSSR count). The molecule has 76 valence electrons. The molecule has 1 aliphatic carbocycles. The molecule has 0 spiro atoms. The quantitative estimate of drug-likeness (QED) is 0.686. The molecular formula is C10H16N4. The van der Waals surface area contributed by atoms with Gasteiger partial charge in [-0.2, -0.15) is 0 Å². The van der Waals surface area contributed by atoms with E-state index in [0.29, 0.717) is 12.5 Å². The fraction of sp³-hybridized carbons (Fsp3) is 0.600. The second kappa shape index (κ2) is 4.37. The van der Waals surface area contributed by atoms with E-state index in [1.165, 1.54) is 18.4 Å². The molecule has 0 atom stereocenters. The highest BCUT2D eigenvalue weighted by molar-refractivity contribution is 5.27. The maximum atomic E-state index is 5.38. The number of nitrogens with one attached hydrogen (secondary N) is 1. The summed E-state index contributed by atoms with van der Waals surface area (Å²) in [4.78, 5) is 8.50. The van der Waals surface area contributed by atoms with Crippen LogP contribution in [0.2, 0.25) is 0 Å². The Labute approximate surface area is 83.9 Å². The van der Waals surface area contributed by atoms with Crippen LogP contribution in [-0.4, -0.2) is 23.1 Å². The standard InChI is InChI=1S/C10H16N4/c11-4-1-5-12-10-13-6-9(7-14-10)8-2-3-8/h6-8H,1-5,11H2,(H,12,13,14). The predicted molar refractivity (Wildman–Crippen MR) is 56.2 cm³/mol. The maximum Gasteiger partial charge on any atom is 0.222 e. The number of rotatable bonds is 5. The number of anilines is 1. The van der Waals surface area contributed by atoms with Crippen LogP contribution in [-0.2, 0) is 0 Å². The van der Waals surface area contributed by atoms with Crippen molar-refractivity contribution in [1.82, 2.24) is 9.97 Å². The largest absolute Gasteiger partial charge is 0.354 e. The van der Waals surface area contributed by atoms with Gasteiger partial charge in [-0.15, -0.1) is 0 Å². The summed E-state index contributed by atoms with van der Waals surface area (Å²) >= 11 is 0. The molecule has 4 nitrogen and oxygen atoms in total. The van der Waals surface area contributed by atoms with Gasteiger partial charge in [0.25, 0.3) is 0 Å². The van der Waals surface area contributed by atoms with Crippen molar-refractivity contribution in [3.8, 4) is 0 Å². The van der Waals surface area contributed by atoms with Crippen molar-refractivity contribution in [1.29, 1.82) is 0 Å². The zero-order valence-electron chi connectivity index (χ0n) is 8.24. The second-order valence-corrected chi connectivity index (χ2v) is 3.68. The fourth-order valence-corrected chi connectivity index (χ4v) is 1.36. The minimum absolute atomic E-state index is 0.702. The summed E-state index contributed by atoms with van der Waals surface area (Å²) in [5.41, 5.74) is 6.66. The Kier molecular flexibility index (Phi) is 2.93. The van der Waals surface area contributed by atoms with Crippen LogP contribution in [0.4, 0.5) is 5.95 Å². The van der Waals surface area contributed by atoms with Crippen molar-refractivity contribution in [2.24, 2.45) is 5.73 Å². The Bertz CT molecular complexity index is 279. The topological polar surface area (TPSA) is 63.8 Å². The van der Waals surface area contributed by atoms with E-state index < -0.39 is 0 Å². The highest BCUT2D eigenvalue weighted by Crippen LogP contribution is 2.39. The first-order valence-electron chi connectivity index (χ1n) is 5.16. The summed E-state index contributed by atoms with van der Waals surface area (Å²) < 4.78 is 0. The van der Waals surface area contributed by atoms with Gasteiger partial charge in [0.15, 0.2) is 0 Å².